The third-order valence-electron chi connectivity index (χ3n) is 2.67. The molecular formula is C15H16S. The van der Waals surface area contributed by atoms with E-state index in [1.807, 2.05) is 11.8 Å². The molecular weight excluding hydrogens is 212 g/mol. The largest absolute Gasteiger partial charge is 0.118 e. The second-order valence-electron chi connectivity index (χ2n) is 3.94. The van der Waals surface area contributed by atoms with E-state index in [1.54, 1.807) is 0 Å². The van der Waals surface area contributed by atoms with Crippen molar-refractivity contribution >= 4 is 11.8 Å². The summed E-state index contributed by atoms with van der Waals surface area (Å²) < 4.78 is 0. The van der Waals surface area contributed by atoms with Crippen LogP contribution < -0.4 is 0 Å². The molecule has 0 N–H and O–H groups in total. The van der Waals surface area contributed by atoms with Gasteiger partial charge < -0.3 is 0 Å². The van der Waals surface area contributed by atoms with Gasteiger partial charge in [-0.3, -0.25) is 0 Å². The minimum absolute atomic E-state index is 0.502. The topological polar surface area (TPSA) is 0 Å². The Balaban J connectivity index is 2.14. The van der Waals surface area contributed by atoms with Gasteiger partial charge in [0.2, 0.25) is 0 Å². The van der Waals surface area contributed by atoms with Crippen molar-refractivity contribution < 1.29 is 0 Å². The van der Waals surface area contributed by atoms with Crippen LogP contribution in [0.15, 0.2) is 59.5 Å². The molecule has 0 aliphatic carbocycles. The predicted octanol–water partition coefficient (Wildman–Crippen LogP) is 4.85. The van der Waals surface area contributed by atoms with E-state index in [0.717, 1.165) is 0 Å². The molecule has 0 saturated carbocycles. The van der Waals surface area contributed by atoms with Crippen LogP contribution in [0, 0.1) is 6.92 Å². The average Bonchev–Trinajstić information content (AvgIpc) is 2.33. The highest BCUT2D eigenvalue weighted by Gasteiger charge is 2.07. The van der Waals surface area contributed by atoms with Gasteiger partial charge in [-0.1, -0.05) is 48.5 Å². The Morgan fingerprint density at radius 3 is 2.19 bits per heavy atom. The predicted molar refractivity (Wildman–Crippen MR) is 71.9 cm³/mol. The van der Waals surface area contributed by atoms with E-state index < -0.39 is 0 Å². The van der Waals surface area contributed by atoms with Gasteiger partial charge in [-0.25, -0.2) is 0 Å². The molecule has 0 saturated heterocycles. The maximum absolute atomic E-state index is 2.26. The van der Waals surface area contributed by atoms with Crippen LogP contribution in [0.25, 0.3) is 0 Å². The molecule has 0 aromatic heterocycles. The number of hydrogen-bond acceptors (Lipinski definition) is 1. The molecule has 16 heavy (non-hydrogen) atoms. The van der Waals surface area contributed by atoms with Gasteiger partial charge >= 0.3 is 0 Å². The average molecular weight is 228 g/mol. The van der Waals surface area contributed by atoms with Crippen molar-refractivity contribution in [2.24, 2.45) is 0 Å². The molecule has 2 aromatic carbocycles. The number of rotatable bonds is 3. The molecule has 0 fully saturated rings. The molecule has 0 spiro atoms. The highest BCUT2D eigenvalue weighted by molar-refractivity contribution is 7.99. The van der Waals surface area contributed by atoms with E-state index in [2.05, 4.69) is 68.4 Å². The molecule has 0 bridgehead atoms. The second-order valence-corrected chi connectivity index (χ2v) is 5.32. The summed E-state index contributed by atoms with van der Waals surface area (Å²) >= 11 is 1.92. The Morgan fingerprint density at radius 2 is 1.50 bits per heavy atom. The summed E-state index contributed by atoms with van der Waals surface area (Å²) in [4.78, 5) is 1.37. The molecule has 2 rings (SSSR count). The first kappa shape index (κ1) is 11.3. The zero-order valence-electron chi connectivity index (χ0n) is 9.68. The summed E-state index contributed by atoms with van der Waals surface area (Å²) in [6.45, 7) is 4.42. The number of benzene rings is 2. The highest BCUT2D eigenvalue weighted by atomic mass is 32.2. The van der Waals surface area contributed by atoms with Crippen molar-refractivity contribution in [3.05, 3.63) is 65.7 Å². The fourth-order valence-electron chi connectivity index (χ4n) is 1.67. The SMILES string of the molecule is Cc1ccccc1SC(C)c1ccccc1. The zero-order valence-corrected chi connectivity index (χ0v) is 10.5. The number of thioether (sulfide) groups is 1. The van der Waals surface area contributed by atoms with Crippen LogP contribution in [0.5, 0.6) is 0 Å². The maximum Gasteiger partial charge on any atom is 0.0316 e. The number of aryl methyl sites for hydroxylation is 1. The lowest BCUT2D eigenvalue weighted by Crippen LogP contribution is -1.88. The van der Waals surface area contributed by atoms with Gasteiger partial charge in [0.1, 0.15) is 0 Å². The van der Waals surface area contributed by atoms with Crippen LogP contribution in [0.1, 0.15) is 23.3 Å². The van der Waals surface area contributed by atoms with Crippen LogP contribution in [-0.2, 0) is 0 Å². The van der Waals surface area contributed by atoms with Crippen molar-refractivity contribution in [1.29, 1.82) is 0 Å². The molecule has 2 aromatic rings. The first-order valence-corrected chi connectivity index (χ1v) is 6.42. The van der Waals surface area contributed by atoms with Crippen molar-refractivity contribution in [2.45, 2.75) is 24.0 Å². The van der Waals surface area contributed by atoms with Crippen molar-refractivity contribution in [1.82, 2.24) is 0 Å². The molecule has 0 nitrogen and oxygen atoms in total. The Morgan fingerprint density at radius 1 is 0.875 bits per heavy atom. The van der Waals surface area contributed by atoms with Gasteiger partial charge in [-0.15, -0.1) is 11.8 Å². The van der Waals surface area contributed by atoms with E-state index in [0.29, 0.717) is 5.25 Å². The normalized spacial score (nSPS) is 12.4. The minimum atomic E-state index is 0.502. The fourth-order valence-corrected chi connectivity index (χ4v) is 2.76. The van der Waals surface area contributed by atoms with Crippen molar-refractivity contribution in [2.75, 3.05) is 0 Å². The summed E-state index contributed by atoms with van der Waals surface area (Å²) in [7, 11) is 0. The fraction of sp³-hybridized carbons (Fsp3) is 0.200. The van der Waals surface area contributed by atoms with E-state index >= 15 is 0 Å². The van der Waals surface area contributed by atoms with Crippen LogP contribution in [0.3, 0.4) is 0 Å². The first-order valence-electron chi connectivity index (χ1n) is 5.54. The third kappa shape index (κ3) is 2.67. The van der Waals surface area contributed by atoms with Gasteiger partial charge in [0, 0.05) is 10.1 Å². The molecule has 1 atom stereocenters. The maximum atomic E-state index is 2.26. The highest BCUT2D eigenvalue weighted by Crippen LogP contribution is 2.35. The first-order chi connectivity index (χ1) is 7.77. The van der Waals surface area contributed by atoms with Crippen LogP contribution >= 0.6 is 11.8 Å². The van der Waals surface area contributed by atoms with Gasteiger partial charge in [-0.05, 0) is 31.0 Å². The Labute approximate surface area is 102 Å². The van der Waals surface area contributed by atoms with Crippen molar-refractivity contribution in [3.8, 4) is 0 Å². The smallest absolute Gasteiger partial charge is 0.0316 e. The molecule has 0 radical (unpaired) electrons. The Kier molecular flexibility index (Phi) is 3.68. The van der Waals surface area contributed by atoms with Gasteiger partial charge in [-0.2, -0.15) is 0 Å². The standard InChI is InChI=1S/C15H16S/c1-12-8-6-7-11-15(12)16-13(2)14-9-4-3-5-10-14/h3-11,13H,1-2H3. The summed E-state index contributed by atoms with van der Waals surface area (Å²) in [6.07, 6.45) is 0. The van der Waals surface area contributed by atoms with E-state index in [1.165, 1.54) is 16.0 Å². The quantitative estimate of drug-likeness (QED) is 0.677. The van der Waals surface area contributed by atoms with Gasteiger partial charge in [0.05, 0.1) is 0 Å². The molecule has 0 aliphatic heterocycles. The Bertz CT molecular complexity index is 448. The molecule has 1 heteroatoms. The molecule has 82 valence electrons. The second kappa shape index (κ2) is 5.22. The van der Waals surface area contributed by atoms with Crippen LogP contribution in [0.4, 0.5) is 0 Å². The lowest BCUT2D eigenvalue weighted by atomic mass is 10.2. The van der Waals surface area contributed by atoms with Gasteiger partial charge in [0.15, 0.2) is 0 Å². The molecule has 1 unspecified atom stereocenters. The summed E-state index contributed by atoms with van der Waals surface area (Å²) in [6, 6.07) is 19.2. The third-order valence-corrected chi connectivity index (χ3v) is 4.00. The van der Waals surface area contributed by atoms with E-state index in [4.69, 9.17) is 0 Å². The molecule has 0 amide bonds. The van der Waals surface area contributed by atoms with E-state index in [9.17, 15) is 0 Å². The van der Waals surface area contributed by atoms with Gasteiger partial charge in [0.25, 0.3) is 0 Å². The van der Waals surface area contributed by atoms with Crippen molar-refractivity contribution in [3.63, 3.8) is 0 Å². The number of hydrogen-bond donors (Lipinski definition) is 0. The molecule has 0 aliphatic rings. The van der Waals surface area contributed by atoms with Crippen LogP contribution in [-0.4, -0.2) is 0 Å². The van der Waals surface area contributed by atoms with Crippen LogP contribution in [0.2, 0.25) is 0 Å². The lowest BCUT2D eigenvalue weighted by Gasteiger charge is -2.13. The molecule has 0 heterocycles. The lowest BCUT2D eigenvalue weighted by molar-refractivity contribution is 1.09. The zero-order chi connectivity index (χ0) is 11.4. The summed E-state index contributed by atoms with van der Waals surface area (Å²) in [5, 5.41) is 0.502. The summed E-state index contributed by atoms with van der Waals surface area (Å²) in [5.41, 5.74) is 2.74. The van der Waals surface area contributed by atoms with E-state index in [-0.39, 0.29) is 0 Å². The Hall–Kier alpha value is -1.21. The minimum Gasteiger partial charge on any atom is -0.118 e. The monoisotopic (exact) mass is 228 g/mol. The summed E-state index contributed by atoms with van der Waals surface area (Å²) in [5.74, 6) is 0.